The van der Waals surface area contributed by atoms with E-state index >= 15 is 0 Å². The summed E-state index contributed by atoms with van der Waals surface area (Å²) in [6.45, 7) is 11.6. The van der Waals surface area contributed by atoms with Gasteiger partial charge in [-0.05, 0) is 62.4 Å². The van der Waals surface area contributed by atoms with Gasteiger partial charge in [0, 0.05) is 0 Å². The number of hydrogen-bond acceptors (Lipinski definition) is 2. The van der Waals surface area contributed by atoms with Gasteiger partial charge in [-0.25, -0.2) is 0 Å². The van der Waals surface area contributed by atoms with E-state index in [0.29, 0.717) is 0 Å². The lowest BCUT2D eigenvalue weighted by atomic mass is 9.84. The Hall–Kier alpha value is -0.0800. The van der Waals surface area contributed by atoms with E-state index in [2.05, 4.69) is 33.0 Å². The molecule has 1 rings (SSSR count). The predicted octanol–water partition coefficient (Wildman–Crippen LogP) is 3.06. The average Bonchev–Trinajstić information content (AvgIpc) is 2.25. The van der Waals surface area contributed by atoms with Crippen LogP contribution in [0.5, 0.6) is 0 Å². The van der Waals surface area contributed by atoms with Gasteiger partial charge in [-0.1, -0.05) is 27.7 Å². The van der Waals surface area contributed by atoms with Gasteiger partial charge in [0.15, 0.2) is 0 Å². The van der Waals surface area contributed by atoms with E-state index in [-0.39, 0.29) is 6.10 Å². The molecule has 0 aliphatic heterocycles. The van der Waals surface area contributed by atoms with Gasteiger partial charge in [0.2, 0.25) is 0 Å². The minimum Gasteiger partial charge on any atom is -0.393 e. The van der Waals surface area contributed by atoms with Gasteiger partial charge < -0.3 is 10.4 Å². The molecule has 1 aliphatic carbocycles. The predicted molar refractivity (Wildman–Crippen MR) is 74.0 cm³/mol. The van der Waals surface area contributed by atoms with Gasteiger partial charge >= 0.3 is 0 Å². The van der Waals surface area contributed by atoms with Crippen molar-refractivity contribution in [3.8, 4) is 0 Å². The molecule has 0 aromatic heterocycles. The molecule has 2 heteroatoms. The third-order valence-corrected chi connectivity index (χ3v) is 4.34. The van der Waals surface area contributed by atoms with Crippen LogP contribution in [0.2, 0.25) is 0 Å². The molecule has 0 spiro atoms. The normalized spacial score (nSPS) is 26.1. The Morgan fingerprint density at radius 1 is 1.00 bits per heavy atom. The number of hydrogen-bond donors (Lipinski definition) is 2. The molecule has 0 saturated heterocycles. The number of aliphatic hydroxyl groups excluding tert-OH is 1. The topological polar surface area (TPSA) is 32.3 Å². The largest absolute Gasteiger partial charge is 0.393 e. The summed E-state index contributed by atoms with van der Waals surface area (Å²) in [7, 11) is 0. The quantitative estimate of drug-likeness (QED) is 0.749. The molecular formula is C15H31NO. The summed E-state index contributed by atoms with van der Waals surface area (Å²) in [5.74, 6) is 3.09. The summed E-state index contributed by atoms with van der Waals surface area (Å²) in [6.07, 6.45) is 4.38. The monoisotopic (exact) mass is 241 g/mol. The van der Waals surface area contributed by atoms with Crippen LogP contribution in [0.25, 0.3) is 0 Å². The zero-order chi connectivity index (χ0) is 12.8. The molecule has 1 saturated carbocycles. The van der Waals surface area contributed by atoms with Crippen molar-refractivity contribution in [1.29, 1.82) is 0 Å². The second-order valence-electron chi connectivity index (χ2n) is 6.48. The molecule has 0 radical (unpaired) electrons. The van der Waals surface area contributed by atoms with E-state index in [0.717, 1.165) is 49.6 Å². The smallest absolute Gasteiger partial charge is 0.0540 e. The van der Waals surface area contributed by atoms with Crippen LogP contribution >= 0.6 is 0 Å². The Labute approximate surface area is 107 Å². The highest BCUT2D eigenvalue weighted by atomic mass is 16.3. The molecule has 2 nitrogen and oxygen atoms in total. The molecule has 0 unspecified atom stereocenters. The highest BCUT2D eigenvalue weighted by Crippen LogP contribution is 2.24. The van der Waals surface area contributed by atoms with Crippen molar-refractivity contribution < 1.29 is 5.11 Å². The maximum Gasteiger partial charge on any atom is 0.0540 e. The Morgan fingerprint density at radius 3 is 2.00 bits per heavy atom. The number of rotatable bonds is 6. The van der Waals surface area contributed by atoms with Gasteiger partial charge in [0.05, 0.1) is 6.10 Å². The molecule has 0 heterocycles. The van der Waals surface area contributed by atoms with Crippen LogP contribution in [0.3, 0.4) is 0 Å². The van der Waals surface area contributed by atoms with Crippen molar-refractivity contribution in [3.05, 3.63) is 0 Å². The van der Waals surface area contributed by atoms with Gasteiger partial charge in [0.25, 0.3) is 0 Å². The summed E-state index contributed by atoms with van der Waals surface area (Å²) in [4.78, 5) is 0. The zero-order valence-corrected chi connectivity index (χ0v) is 12.1. The van der Waals surface area contributed by atoms with Crippen LogP contribution < -0.4 is 5.32 Å². The van der Waals surface area contributed by atoms with E-state index in [4.69, 9.17) is 0 Å². The highest BCUT2D eigenvalue weighted by Gasteiger charge is 2.20. The fourth-order valence-electron chi connectivity index (χ4n) is 3.04. The first-order valence-corrected chi connectivity index (χ1v) is 7.39. The lowest BCUT2D eigenvalue weighted by molar-refractivity contribution is 0.107. The third kappa shape index (κ3) is 5.39. The molecule has 102 valence electrons. The molecule has 17 heavy (non-hydrogen) atoms. The van der Waals surface area contributed by atoms with Crippen molar-refractivity contribution in [2.24, 2.45) is 23.7 Å². The second-order valence-corrected chi connectivity index (χ2v) is 6.48. The van der Waals surface area contributed by atoms with Crippen LogP contribution in [0.4, 0.5) is 0 Å². The Kier molecular flexibility index (Phi) is 6.50. The van der Waals surface area contributed by atoms with Crippen molar-refractivity contribution >= 4 is 0 Å². The molecular weight excluding hydrogens is 210 g/mol. The molecule has 0 aromatic rings. The Bertz CT molecular complexity index is 187. The molecule has 0 bridgehead atoms. The number of nitrogens with one attached hydrogen (secondary N) is 1. The molecule has 0 aromatic carbocycles. The Balaban J connectivity index is 2.18. The fraction of sp³-hybridized carbons (Fsp3) is 1.00. The van der Waals surface area contributed by atoms with Crippen LogP contribution in [0.1, 0.15) is 53.4 Å². The molecule has 0 atom stereocenters. The first-order chi connectivity index (χ1) is 8.00. The van der Waals surface area contributed by atoms with E-state index in [9.17, 15) is 5.11 Å². The lowest BCUT2D eigenvalue weighted by Gasteiger charge is -2.29. The van der Waals surface area contributed by atoms with Crippen molar-refractivity contribution in [2.75, 3.05) is 13.1 Å². The summed E-state index contributed by atoms with van der Waals surface area (Å²) >= 11 is 0. The standard InChI is InChI=1S/C15H31NO/c1-11(2)15(12(3)4)10-16-9-13-5-7-14(17)8-6-13/h11-17H,5-10H2,1-4H3. The van der Waals surface area contributed by atoms with Crippen LogP contribution in [-0.2, 0) is 0 Å². The molecule has 2 N–H and O–H groups in total. The van der Waals surface area contributed by atoms with E-state index in [1.165, 1.54) is 12.8 Å². The van der Waals surface area contributed by atoms with Crippen molar-refractivity contribution in [1.82, 2.24) is 5.32 Å². The SMILES string of the molecule is CC(C)C(CNCC1CCC(O)CC1)C(C)C. The van der Waals surface area contributed by atoms with Gasteiger partial charge in [-0.2, -0.15) is 0 Å². The molecule has 1 aliphatic rings. The Morgan fingerprint density at radius 2 is 1.53 bits per heavy atom. The first kappa shape index (κ1) is 15.0. The van der Waals surface area contributed by atoms with Gasteiger partial charge in [-0.3, -0.25) is 0 Å². The average molecular weight is 241 g/mol. The van der Waals surface area contributed by atoms with Crippen LogP contribution in [-0.4, -0.2) is 24.3 Å². The van der Waals surface area contributed by atoms with E-state index in [1.54, 1.807) is 0 Å². The van der Waals surface area contributed by atoms with Crippen molar-refractivity contribution in [3.63, 3.8) is 0 Å². The first-order valence-electron chi connectivity index (χ1n) is 7.39. The van der Waals surface area contributed by atoms with Crippen LogP contribution in [0, 0.1) is 23.7 Å². The van der Waals surface area contributed by atoms with Gasteiger partial charge in [-0.15, -0.1) is 0 Å². The lowest BCUT2D eigenvalue weighted by Crippen LogP contribution is -2.34. The fourth-order valence-corrected chi connectivity index (χ4v) is 3.04. The summed E-state index contributed by atoms with van der Waals surface area (Å²) < 4.78 is 0. The maximum atomic E-state index is 9.47. The van der Waals surface area contributed by atoms with Crippen LogP contribution in [0.15, 0.2) is 0 Å². The highest BCUT2D eigenvalue weighted by molar-refractivity contribution is 4.75. The van der Waals surface area contributed by atoms with Crippen molar-refractivity contribution in [2.45, 2.75) is 59.5 Å². The second kappa shape index (κ2) is 7.38. The van der Waals surface area contributed by atoms with E-state index < -0.39 is 0 Å². The molecule has 0 amide bonds. The van der Waals surface area contributed by atoms with Gasteiger partial charge in [0.1, 0.15) is 0 Å². The summed E-state index contributed by atoms with van der Waals surface area (Å²) in [5.41, 5.74) is 0. The summed E-state index contributed by atoms with van der Waals surface area (Å²) in [6, 6.07) is 0. The maximum absolute atomic E-state index is 9.47. The third-order valence-electron chi connectivity index (χ3n) is 4.34. The minimum atomic E-state index is -0.0228. The van der Waals surface area contributed by atoms with E-state index in [1.807, 2.05) is 0 Å². The minimum absolute atomic E-state index is 0.0228. The zero-order valence-electron chi connectivity index (χ0n) is 12.1. The number of aliphatic hydroxyl groups is 1. The summed E-state index contributed by atoms with van der Waals surface area (Å²) in [5, 5.41) is 13.1. The molecule has 1 fully saturated rings.